The second kappa shape index (κ2) is 6.05. The van der Waals surface area contributed by atoms with Gasteiger partial charge in [-0.1, -0.05) is 6.08 Å². The highest BCUT2D eigenvalue weighted by molar-refractivity contribution is 7.93. The quantitative estimate of drug-likeness (QED) is 0.447. The van der Waals surface area contributed by atoms with E-state index in [0.717, 1.165) is 0 Å². The molecule has 116 valence electrons. The monoisotopic (exact) mass is 326 g/mol. The molecule has 0 aromatic carbocycles. The molecule has 3 N–H and O–H groups in total. The first-order valence-electron chi connectivity index (χ1n) is 5.86. The number of aliphatic imine (C=N–C) groups is 1. The summed E-state index contributed by atoms with van der Waals surface area (Å²) in [7, 11) is -6.23. The van der Waals surface area contributed by atoms with Crippen LogP contribution in [0.4, 0.5) is 0 Å². The molecule has 1 aliphatic heterocycles. The van der Waals surface area contributed by atoms with Crippen molar-refractivity contribution in [1.29, 1.82) is 0 Å². The van der Waals surface area contributed by atoms with Crippen LogP contribution in [0.5, 0.6) is 0 Å². The molecule has 2 unspecified atom stereocenters. The molecular formula is C10H19N2O6PS. The van der Waals surface area contributed by atoms with E-state index in [4.69, 9.17) is 14.3 Å². The van der Waals surface area contributed by atoms with Crippen molar-refractivity contribution in [2.24, 2.45) is 4.99 Å². The first-order valence-corrected chi connectivity index (χ1v) is 9.04. The molecule has 20 heavy (non-hydrogen) atoms. The zero-order valence-corrected chi connectivity index (χ0v) is 13.0. The Morgan fingerprint density at radius 2 is 2.00 bits per heavy atom. The van der Waals surface area contributed by atoms with E-state index in [1.807, 2.05) is 19.0 Å². The van der Waals surface area contributed by atoms with E-state index in [1.54, 1.807) is 12.2 Å². The summed E-state index contributed by atoms with van der Waals surface area (Å²) < 4.78 is 42.8. The molecule has 0 saturated heterocycles. The van der Waals surface area contributed by atoms with Gasteiger partial charge in [0.1, 0.15) is 0 Å². The lowest BCUT2D eigenvalue weighted by molar-refractivity contribution is 0.325. The molecule has 1 heterocycles. The van der Waals surface area contributed by atoms with Crippen LogP contribution in [0.15, 0.2) is 17.1 Å². The molecule has 2 atom stereocenters. The van der Waals surface area contributed by atoms with E-state index >= 15 is 0 Å². The number of nitrogens with zero attached hydrogens (tertiary/aromatic N) is 2. The number of hydrogen-bond acceptors (Lipinski definition) is 5. The van der Waals surface area contributed by atoms with Crippen molar-refractivity contribution < 1.29 is 27.3 Å². The molecule has 1 rings (SSSR count). The summed E-state index contributed by atoms with van der Waals surface area (Å²) in [6.45, 7) is 0.557. The smallest absolute Gasteiger partial charge is 0.323 e. The molecule has 0 aromatic rings. The van der Waals surface area contributed by atoms with Gasteiger partial charge < -0.3 is 14.7 Å². The van der Waals surface area contributed by atoms with Gasteiger partial charge in [0.15, 0.2) is 4.99 Å². The van der Waals surface area contributed by atoms with E-state index in [-0.39, 0.29) is 0 Å². The number of hydrogen-bond donors (Lipinski definition) is 3. The van der Waals surface area contributed by atoms with Crippen molar-refractivity contribution in [2.45, 2.75) is 23.4 Å². The number of allylic oxidation sites excluding steroid dienone is 1. The Labute approximate surface area is 118 Å². The molecule has 0 amide bonds. The molecule has 0 aromatic heterocycles. The first-order chi connectivity index (χ1) is 8.96. The SMILES string of the molecule is CN(C)CCC1(CC(P(=O)(O)O)S(=O)(=O)O)C=CC=N1. The van der Waals surface area contributed by atoms with E-state index in [2.05, 4.69) is 4.99 Å². The van der Waals surface area contributed by atoms with E-state index in [9.17, 15) is 13.0 Å². The van der Waals surface area contributed by atoms with Crippen LogP contribution >= 0.6 is 7.60 Å². The lowest BCUT2D eigenvalue weighted by Gasteiger charge is -2.29. The van der Waals surface area contributed by atoms with Crippen LogP contribution in [0, 0.1) is 0 Å². The molecule has 10 heteroatoms. The van der Waals surface area contributed by atoms with Crippen LogP contribution in [-0.2, 0) is 14.7 Å². The number of rotatable bonds is 7. The van der Waals surface area contributed by atoms with Gasteiger partial charge in [0.05, 0.1) is 5.54 Å². The topological polar surface area (TPSA) is 128 Å². The van der Waals surface area contributed by atoms with Crippen molar-refractivity contribution in [3.8, 4) is 0 Å². The summed E-state index contributed by atoms with van der Waals surface area (Å²) in [6.07, 6.45) is 4.58. The van der Waals surface area contributed by atoms with Crippen molar-refractivity contribution in [1.82, 2.24) is 4.90 Å². The molecule has 0 radical (unpaired) electrons. The van der Waals surface area contributed by atoms with E-state index < -0.39 is 34.7 Å². The Morgan fingerprint density at radius 1 is 1.40 bits per heavy atom. The average molecular weight is 326 g/mol. The third-order valence-corrected chi connectivity index (χ3v) is 6.47. The Hall–Kier alpha value is -0.570. The van der Waals surface area contributed by atoms with Crippen LogP contribution in [0.25, 0.3) is 0 Å². The molecule has 0 bridgehead atoms. The average Bonchev–Trinajstić information content (AvgIpc) is 2.69. The summed E-state index contributed by atoms with van der Waals surface area (Å²) >= 11 is 0. The standard InChI is InChI=1S/C10H19N2O6PS/c1-12(2)7-5-10(4-3-6-11-10)8-9(19(13,14)15)20(16,17)18/h3-4,6,9H,5,7-8H2,1-2H3,(H2,13,14,15)(H,16,17,18). The largest absolute Gasteiger partial charge is 0.346 e. The van der Waals surface area contributed by atoms with Crippen LogP contribution < -0.4 is 0 Å². The molecular weight excluding hydrogens is 307 g/mol. The predicted octanol–water partition coefficient (Wildman–Crippen LogP) is 0.0992. The van der Waals surface area contributed by atoms with Crippen LogP contribution in [0.1, 0.15) is 12.8 Å². The minimum Gasteiger partial charge on any atom is -0.323 e. The summed E-state index contributed by atoms with van der Waals surface area (Å²) in [6, 6.07) is 0. The van der Waals surface area contributed by atoms with Gasteiger partial charge in [0.25, 0.3) is 10.1 Å². The summed E-state index contributed by atoms with van der Waals surface area (Å²) in [5.74, 6) is 0. The summed E-state index contributed by atoms with van der Waals surface area (Å²) in [4.78, 5) is 22.1. The van der Waals surface area contributed by atoms with Gasteiger partial charge >= 0.3 is 7.60 Å². The van der Waals surface area contributed by atoms with Gasteiger partial charge in [-0.05, 0) is 26.6 Å². The fourth-order valence-electron chi connectivity index (χ4n) is 1.94. The van der Waals surface area contributed by atoms with Gasteiger partial charge in [0, 0.05) is 19.2 Å². The Balaban J connectivity index is 3.03. The molecule has 1 aliphatic rings. The first kappa shape index (κ1) is 17.5. The van der Waals surface area contributed by atoms with Gasteiger partial charge in [0.2, 0.25) is 0 Å². The highest BCUT2D eigenvalue weighted by Crippen LogP contribution is 2.49. The summed E-state index contributed by atoms with van der Waals surface area (Å²) in [5, 5.41) is 0. The van der Waals surface area contributed by atoms with Crippen molar-refractivity contribution in [3.05, 3.63) is 12.2 Å². The molecule has 0 fully saturated rings. The van der Waals surface area contributed by atoms with Crippen LogP contribution in [0.2, 0.25) is 0 Å². The second-order valence-electron chi connectivity index (χ2n) is 5.06. The Kier molecular flexibility index (Phi) is 5.29. The van der Waals surface area contributed by atoms with Crippen LogP contribution in [0.3, 0.4) is 0 Å². The maximum absolute atomic E-state index is 11.3. The van der Waals surface area contributed by atoms with E-state index in [0.29, 0.717) is 13.0 Å². The minimum absolute atomic E-state index is 0.388. The van der Waals surface area contributed by atoms with Gasteiger partial charge in [-0.25, -0.2) is 0 Å². The van der Waals surface area contributed by atoms with Crippen molar-refractivity contribution >= 4 is 23.9 Å². The third kappa shape index (κ3) is 4.76. The fraction of sp³-hybridized carbons (Fsp3) is 0.700. The van der Waals surface area contributed by atoms with Crippen molar-refractivity contribution in [3.63, 3.8) is 0 Å². The molecule has 0 saturated carbocycles. The molecule has 8 nitrogen and oxygen atoms in total. The molecule has 0 aliphatic carbocycles. The minimum atomic E-state index is -5.00. The van der Waals surface area contributed by atoms with Gasteiger partial charge in [-0.3, -0.25) is 14.1 Å². The predicted molar refractivity (Wildman–Crippen MR) is 75.5 cm³/mol. The zero-order chi connectivity index (χ0) is 15.6. The van der Waals surface area contributed by atoms with E-state index in [1.165, 1.54) is 6.21 Å². The lowest BCUT2D eigenvalue weighted by Crippen LogP contribution is -2.35. The van der Waals surface area contributed by atoms with Gasteiger partial charge in [-0.2, -0.15) is 8.42 Å². The third-order valence-electron chi connectivity index (χ3n) is 3.06. The second-order valence-corrected chi connectivity index (χ2v) is 8.81. The normalized spacial score (nSPS) is 24.5. The lowest BCUT2D eigenvalue weighted by atomic mass is 9.93. The maximum Gasteiger partial charge on any atom is 0.346 e. The molecule has 0 spiro atoms. The highest BCUT2D eigenvalue weighted by Gasteiger charge is 2.45. The Bertz CT molecular complexity index is 538. The van der Waals surface area contributed by atoms with Crippen molar-refractivity contribution in [2.75, 3.05) is 20.6 Å². The van der Waals surface area contributed by atoms with Gasteiger partial charge in [-0.15, -0.1) is 0 Å². The highest BCUT2D eigenvalue weighted by atomic mass is 32.2. The zero-order valence-electron chi connectivity index (χ0n) is 11.2. The fourth-order valence-corrected chi connectivity index (χ4v) is 4.39. The van der Waals surface area contributed by atoms with Crippen LogP contribution in [-0.4, -0.2) is 65.0 Å². The maximum atomic E-state index is 11.3. The summed E-state index contributed by atoms with van der Waals surface area (Å²) in [5.41, 5.74) is -1.02. The Morgan fingerprint density at radius 3 is 2.35 bits per heavy atom.